The fourth-order valence-electron chi connectivity index (χ4n) is 1.12. The third kappa shape index (κ3) is 1.85. The van der Waals surface area contributed by atoms with Crippen molar-refractivity contribution in [2.24, 2.45) is 5.92 Å². The molecule has 1 rings (SSSR count). The second-order valence-corrected chi connectivity index (χ2v) is 4.95. The molecular formula is C7H13NO3S. The molecule has 1 aliphatic rings. The number of hydrogen-bond donors (Lipinski definition) is 1. The van der Waals surface area contributed by atoms with Crippen molar-refractivity contribution in [1.82, 2.24) is 4.31 Å². The fourth-order valence-corrected chi connectivity index (χ4v) is 2.50. The Balaban J connectivity index is 2.46. The highest BCUT2D eigenvalue weighted by Gasteiger charge is 2.34. The Morgan fingerprint density at radius 1 is 1.58 bits per heavy atom. The van der Waals surface area contributed by atoms with Crippen LogP contribution in [0.4, 0.5) is 0 Å². The first-order valence-electron chi connectivity index (χ1n) is 3.79. The van der Waals surface area contributed by atoms with E-state index >= 15 is 0 Å². The maximum atomic E-state index is 11.2. The summed E-state index contributed by atoms with van der Waals surface area (Å²) in [7, 11) is -3.11. The molecule has 0 spiro atoms. The van der Waals surface area contributed by atoms with Crippen LogP contribution in [0.1, 0.15) is 0 Å². The highest BCUT2D eigenvalue weighted by Crippen LogP contribution is 2.18. The number of aliphatic hydroxyl groups excluding tert-OH is 1. The second-order valence-electron chi connectivity index (χ2n) is 2.93. The van der Waals surface area contributed by atoms with E-state index in [4.69, 9.17) is 5.11 Å². The van der Waals surface area contributed by atoms with E-state index < -0.39 is 10.0 Å². The zero-order valence-electron chi connectivity index (χ0n) is 6.81. The Hall–Kier alpha value is -0.390. The van der Waals surface area contributed by atoms with Crippen LogP contribution in [0.2, 0.25) is 0 Å². The van der Waals surface area contributed by atoms with Crippen molar-refractivity contribution in [3.05, 3.63) is 12.7 Å². The van der Waals surface area contributed by atoms with Gasteiger partial charge in [-0.25, -0.2) is 12.7 Å². The first-order valence-corrected chi connectivity index (χ1v) is 5.40. The monoisotopic (exact) mass is 191 g/mol. The molecule has 5 heteroatoms. The van der Waals surface area contributed by atoms with E-state index in [-0.39, 0.29) is 18.3 Å². The van der Waals surface area contributed by atoms with Gasteiger partial charge in [0.15, 0.2) is 0 Å². The molecule has 12 heavy (non-hydrogen) atoms. The number of hydrogen-bond acceptors (Lipinski definition) is 3. The van der Waals surface area contributed by atoms with Gasteiger partial charge in [0.2, 0.25) is 10.0 Å². The first-order chi connectivity index (χ1) is 5.60. The van der Waals surface area contributed by atoms with E-state index in [9.17, 15) is 8.42 Å². The van der Waals surface area contributed by atoms with Crippen molar-refractivity contribution in [2.45, 2.75) is 0 Å². The highest BCUT2D eigenvalue weighted by atomic mass is 32.2. The van der Waals surface area contributed by atoms with E-state index in [0.29, 0.717) is 13.1 Å². The van der Waals surface area contributed by atoms with Gasteiger partial charge in [-0.15, -0.1) is 6.58 Å². The topological polar surface area (TPSA) is 57.6 Å². The molecule has 0 saturated carbocycles. The molecule has 0 bridgehead atoms. The van der Waals surface area contributed by atoms with Gasteiger partial charge in [0.1, 0.15) is 0 Å². The minimum absolute atomic E-state index is 0.00878. The van der Waals surface area contributed by atoms with Crippen LogP contribution >= 0.6 is 0 Å². The molecule has 0 radical (unpaired) electrons. The Morgan fingerprint density at radius 2 is 2.17 bits per heavy atom. The SMILES string of the molecule is C=CCS(=O)(=O)N1CC(CO)C1. The van der Waals surface area contributed by atoms with E-state index in [1.807, 2.05) is 0 Å². The average Bonchev–Trinajstić information content (AvgIpc) is 1.83. The predicted octanol–water partition coefficient (Wildman–Crippen LogP) is -0.574. The molecule has 1 heterocycles. The lowest BCUT2D eigenvalue weighted by molar-refractivity contribution is 0.117. The van der Waals surface area contributed by atoms with Crippen LogP contribution in [0.5, 0.6) is 0 Å². The lowest BCUT2D eigenvalue weighted by Gasteiger charge is -2.36. The summed E-state index contributed by atoms with van der Waals surface area (Å²) in [4.78, 5) is 0. The van der Waals surface area contributed by atoms with Crippen molar-refractivity contribution in [2.75, 3.05) is 25.4 Å². The summed E-state index contributed by atoms with van der Waals surface area (Å²) >= 11 is 0. The minimum Gasteiger partial charge on any atom is -0.396 e. The molecule has 1 saturated heterocycles. The van der Waals surface area contributed by atoms with Gasteiger partial charge in [0, 0.05) is 25.6 Å². The second kappa shape index (κ2) is 3.55. The van der Waals surface area contributed by atoms with Gasteiger partial charge in [0.25, 0.3) is 0 Å². The van der Waals surface area contributed by atoms with Crippen LogP contribution < -0.4 is 0 Å². The molecule has 0 atom stereocenters. The molecule has 1 N–H and O–H groups in total. The first kappa shape index (κ1) is 9.70. The summed E-state index contributed by atoms with van der Waals surface area (Å²) in [6, 6.07) is 0. The molecule has 0 aromatic heterocycles. The van der Waals surface area contributed by atoms with Gasteiger partial charge in [-0.3, -0.25) is 0 Å². The smallest absolute Gasteiger partial charge is 0.217 e. The summed E-state index contributed by atoms with van der Waals surface area (Å²) in [6.45, 7) is 4.34. The van der Waals surface area contributed by atoms with E-state index in [2.05, 4.69) is 6.58 Å². The van der Waals surface area contributed by atoms with Crippen LogP contribution in [0.15, 0.2) is 12.7 Å². The van der Waals surface area contributed by atoms with Crippen molar-refractivity contribution in [3.8, 4) is 0 Å². The maximum Gasteiger partial charge on any atom is 0.217 e. The van der Waals surface area contributed by atoms with E-state index in [0.717, 1.165) is 0 Å². The van der Waals surface area contributed by atoms with E-state index in [1.165, 1.54) is 10.4 Å². The van der Waals surface area contributed by atoms with Gasteiger partial charge >= 0.3 is 0 Å². The van der Waals surface area contributed by atoms with Gasteiger partial charge in [-0.2, -0.15) is 0 Å². The van der Waals surface area contributed by atoms with Gasteiger partial charge in [0.05, 0.1) is 5.75 Å². The summed E-state index contributed by atoms with van der Waals surface area (Å²) in [5.74, 6) is 0.120. The van der Waals surface area contributed by atoms with E-state index in [1.54, 1.807) is 0 Å². The average molecular weight is 191 g/mol. The molecule has 0 aromatic rings. The number of aliphatic hydroxyl groups is 1. The van der Waals surface area contributed by atoms with Crippen molar-refractivity contribution >= 4 is 10.0 Å². The largest absolute Gasteiger partial charge is 0.396 e. The lowest BCUT2D eigenvalue weighted by atomic mass is 10.1. The third-order valence-electron chi connectivity index (χ3n) is 1.90. The zero-order chi connectivity index (χ0) is 9.19. The minimum atomic E-state index is -3.11. The number of nitrogens with zero attached hydrogens (tertiary/aromatic N) is 1. The standard InChI is InChI=1S/C7H13NO3S/c1-2-3-12(10,11)8-4-7(5-8)6-9/h2,7,9H,1,3-6H2. The van der Waals surface area contributed by atoms with Gasteiger partial charge < -0.3 is 5.11 Å². The van der Waals surface area contributed by atoms with Crippen LogP contribution in [0.25, 0.3) is 0 Å². The summed E-state index contributed by atoms with van der Waals surface area (Å²) < 4.78 is 23.9. The van der Waals surface area contributed by atoms with Crippen molar-refractivity contribution in [3.63, 3.8) is 0 Å². The van der Waals surface area contributed by atoms with Crippen LogP contribution in [-0.2, 0) is 10.0 Å². The molecule has 0 amide bonds. The number of sulfonamides is 1. The molecule has 4 nitrogen and oxygen atoms in total. The third-order valence-corrected chi connectivity index (χ3v) is 3.65. The molecule has 1 fully saturated rings. The van der Waals surface area contributed by atoms with Crippen molar-refractivity contribution in [1.29, 1.82) is 0 Å². The Bertz CT molecular complexity index is 254. The van der Waals surface area contributed by atoms with Crippen LogP contribution in [0, 0.1) is 5.92 Å². The quantitative estimate of drug-likeness (QED) is 0.605. The molecule has 0 aromatic carbocycles. The summed E-state index contributed by atoms with van der Waals surface area (Å²) in [6.07, 6.45) is 1.38. The maximum absolute atomic E-state index is 11.2. The Morgan fingerprint density at radius 3 is 2.58 bits per heavy atom. The predicted molar refractivity (Wildman–Crippen MR) is 46.1 cm³/mol. The molecule has 1 aliphatic heterocycles. The van der Waals surface area contributed by atoms with Gasteiger partial charge in [-0.05, 0) is 0 Å². The summed E-state index contributed by atoms with van der Waals surface area (Å²) in [5.41, 5.74) is 0. The normalized spacial score (nSPS) is 20.4. The van der Waals surface area contributed by atoms with Crippen LogP contribution in [0.3, 0.4) is 0 Å². The Kier molecular flexibility index (Phi) is 2.87. The molecular weight excluding hydrogens is 178 g/mol. The van der Waals surface area contributed by atoms with Gasteiger partial charge in [-0.1, -0.05) is 6.08 Å². The molecule has 0 aliphatic carbocycles. The Labute approximate surface area is 72.5 Å². The van der Waals surface area contributed by atoms with Crippen LogP contribution in [-0.4, -0.2) is 43.3 Å². The van der Waals surface area contributed by atoms with Crippen molar-refractivity contribution < 1.29 is 13.5 Å². The lowest BCUT2D eigenvalue weighted by Crippen LogP contribution is -2.51. The number of rotatable bonds is 4. The highest BCUT2D eigenvalue weighted by molar-refractivity contribution is 7.89. The summed E-state index contributed by atoms with van der Waals surface area (Å²) in [5, 5.41) is 8.66. The fraction of sp³-hybridized carbons (Fsp3) is 0.714. The zero-order valence-corrected chi connectivity index (χ0v) is 7.63. The molecule has 0 unspecified atom stereocenters. The molecule has 70 valence electrons.